The van der Waals surface area contributed by atoms with Crippen molar-refractivity contribution in [3.05, 3.63) is 29.3 Å². The molecule has 148 valence electrons. The molecule has 7 heteroatoms. The summed E-state index contributed by atoms with van der Waals surface area (Å²) in [7, 11) is -3.06. The lowest BCUT2D eigenvalue weighted by atomic mass is 10.0. The van der Waals surface area contributed by atoms with E-state index in [0.29, 0.717) is 19.5 Å². The molecule has 6 nitrogen and oxygen atoms in total. The van der Waals surface area contributed by atoms with Crippen molar-refractivity contribution in [2.45, 2.75) is 46.1 Å². The summed E-state index contributed by atoms with van der Waals surface area (Å²) in [6.45, 7) is 6.74. The molecule has 0 spiro atoms. The predicted molar refractivity (Wildman–Crippen MR) is 105 cm³/mol. The van der Waals surface area contributed by atoms with Gasteiger partial charge in [0.05, 0.1) is 17.4 Å². The normalized spacial score (nSPS) is 24.4. The van der Waals surface area contributed by atoms with Crippen LogP contribution in [0.15, 0.2) is 18.2 Å². The van der Waals surface area contributed by atoms with Crippen LogP contribution in [-0.2, 0) is 25.8 Å². The highest BCUT2D eigenvalue weighted by Gasteiger charge is 2.41. The number of aryl methyl sites for hydroxylation is 2. The molecule has 0 aromatic heterocycles. The summed E-state index contributed by atoms with van der Waals surface area (Å²) < 4.78 is 23.6. The van der Waals surface area contributed by atoms with E-state index in [1.807, 2.05) is 32.0 Å². The number of sulfone groups is 1. The van der Waals surface area contributed by atoms with Gasteiger partial charge < -0.3 is 9.80 Å². The maximum Gasteiger partial charge on any atom is 0.228 e. The van der Waals surface area contributed by atoms with Gasteiger partial charge in [0.25, 0.3) is 0 Å². The zero-order valence-corrected chi connectivity index (χ0v) is 17.1. The van der Waals surface area contributed by atoms with Crippen LogP contribution in [0.25, 0.3) is 0 Å². The summed E-state index contributed by atoms with van der Waals surface area (Å²) >= 11 is 0. The van der Waals surface area contributed by atoms with Gasteiger partial charge in [-0.2, -0.15) is 0 Å². The highest BCUT2D eigenvalue weighted by molar-refractivity contribution is 7.91. The van der Waals surface area contributed by atoms with Gasteiger partial charge >= 0.3 is 0 Å². The zero-order chi connectivity index (χ0) is 19.8. The second kappa shape index (κ2) is 7.62. The van der Waals surface area contributed by atoms with Gasteiger partial charge in [-0.15, -0.1) is 0 Å². The number of anilines is 1. The molecule has 2 heterocycles. The van der Waals surface area contributed by atoms with Crippen LogP contribution in [0.2, 0.25) is 0 Å². The van der Waals surface area contributed by atoms with Crippen LogP contribution in [0, 0.1) is 12.8 Å². The van der Waals surface area contributed by atoms with Crippen LogP contribution in [0.1, 0.15) is 37.8 Å². The fraction of sp³-hybridized carbons (Fsp3) is 0.600. The van der Waals surface area contributed by atoms with E-state index in [2.05, 4.69) is 6.92 Å². The summed E-state index contributed by atoms with van der Waals surface area (Å²) in [6.07, 6.45) is 1.50. The van der Waals surface area contributed by atoms with E-state index >= 15 is 0 Å². The molecule has 2 aliphatic rings. The van der Waals surface area contributed by atoms with Crippen molar-refractivity contribution in [1.29, 1.82) is 0 Å². The van der Waals surface area contributed by atoms with Gasteiger partial charge in [-0.05, 0) is 37.8 Å². The fourth-order valence-electron chi connectivity index (χ4n) is 4.33. The molecule has 2 fully saturated rings. The summed E-state index contributed by atoms with van der Waals surface area (Å²) in [4.78, 5) is 29.2. The molecule has 1 aromatic rings. The number of rotatable bonds is 5. The Kier molecular flexibility index (Phi) is 5.60. The van der Waals surface area contributed by atoms with Crippen LogP contribution >= 0.6 is 0 Å². The van der Waals surface area contributed by atoms with Gasteiger partial charge in [-0.1, -0.05) is 25.1 Å². The van der Waals surface area contributed by atoms with Gasteiger partial charge in [0, 0.05) is 31.2 Å². The molecule has 2 unspecified atom stereocenters. The first-order chi connectivity index (χ1) is 12.8. The van der Waals surface area contributed by atoms with Crippen LogP contribution in [0.4, 0.5) is 5.69 Å². The Morgan fingerprint density at radius 3 is 2.63 bits per heavy atom. The van der Waals surface area contributed by atoms with Crippen LogP contribution < -0.4 is 4.90 Å². The van der Waals surface area contributed by atoms with E-state index in [9.17, 15) is 18.0 Å². The Labute approximate surface area is 161 Å². The molecule has 0 radical (unpaired) electrons. The van der Waals surface area contributed by atoms with Crippen LogP contribution in [0.3, 0.4) is 0 Å². The Balaban J connectivity index is 1.80. The quantitative estimate of drug-likeness (QED) is 0.768. The van der Waals surface area contributed by atoms with Crippen molar-refractivity contribution in [2.75, 3.05) is 29.5 Å². The maximum absolute atomic E-state index is 13.1. The number of nitrogens with zero attached hydrogens (tertiary/aromatic N) is 2. The third-order valence-electron chi connectivity index (χ3n) is 5.72. The van der Waals surface area contributed by atoms with Crippen molar-refractivity contribution in [3.63, 3.8) is 0 Å². The zero-order valence-electron chi connectivity index (χ0n) is 16.3. The van der Waals surface area contributed by atoms with Gasteiger partial charge in [-0.3, -0.25) is 9.59 Å². The van der Waals surface area contributed by atoms with E-state index in [0.717, 1.165) is 23.2 Å². The number of carbonyl (C=O) groups is 2. The van der Waals surface area contributed by atoms with E-state index < -0.39 is 15.8 Å². The largest absolute Gasteiger partial charge is 0.339 e. The SMILES string of the molecule is CCc1cccc(C)c1N1CC(C(=O)N(CC)C2CCS(=O)(=O)C2)CC1=O. The van der Waals surface area contributed by atoms with Gasteiger partial charge in [0.2, 0.25) is 11.8 Å². The van der Waals surface area contributed by atoms with Crippen LogP contribution in [0.5, 0.6) is 0 Å². The number of benzene rings is 1. The highest BCUT2D eigenvalue weighted by Crippen LogP contribution is 2.33. The molecule has 0 N–H and O–H groups in total. The van der Waals surface area contributed by atoms with Crippen molar-refractivity contribution in [3.8, 4) is 0 Å². The second-order valence-corrected chi connectivity index (χ2v) is 9.75. The Morgan fingerprint density at radius 1 is 1.30 bits per heavy atom. The van der Waals surface area contributed by atoms with Crippen molar-refractivity contribution in [2.24, 2.45) is 5.92 Å². The average Bonchev–Trinajstić information content (AvgIpc) is 3.17. The topological polar surface area (TPSA) is 74.8 Å². The predicted octanol–water partition coefficient (Wildman–Crippen LogP) is 1.95. The van der Waals surface area contributed by atoms with Crippen molar-refractivity contribution >= 4 is 27.3 Å². The number of amides is 2. The lowest BCUT2D eigenvalue weighted by Crippen LogP contribution is -2.44. The minimum Gasteiger partial charge on any atom is -0.339 e. The van der Waals surface area contributed by atoms with Gasteiger partial charge in [0.15, 0.2) is 9.84 Å². The van der Waals surface area contributed by atoms with Crippen LogP contribution in [-0.4, -0.2) is 55.8 Å². The molecule has 2 aliphatic heterocycles. The number of hydrogen-bond donors (Lipinski definition) is 0. The third kappa shape index (κ3) is 3.88. The summed E-state index contributed by atoms with van der Waals surface area (Å²) in [5, 5.41) is 0. The number of hydrogen-bond acceptors (Lipinski definition) is 4. The first-order valence-electron chi connectivity index (χ1n) is 9.67. The minimum absolute atomic E-state index is 0.0348. The molecule has 3 rings (SSSR count). The average molecular weight is 393 g/mol. The molecule has 1 aromatic carbocycles. The summed E-state index contributed by atoms with van der Waals surface area (Å²) in [5.74, 6) is -0.366. The molecular weight excluding hydrogens is 364 g/mol. The molecule has 2 saturated heterocycles. The number of carbonyl (C=O) groups excluding carboxylic acids is 2. The Hall–Kier alpha value is -1.89. The van der Waals surface area contributed by atoms with Gasteiger partial charge in [0.1, 0.15) is 0 Å². The third-order valence-corrected chi connectivity index (χ3v) is 7.47. The Morgan fingerprint density at radius 2 is 2.04 bits per heavy atom. The number of para-hydroxylation sites is 1. The van der Waals surface area contributed by atoms with Gasteiger partial charge in [-0.25, -0.2) is 8.42 Å². The van der Waals surface area contributed by atoms with E-state index in [4.69, 9.17) is 0 Å². The monoisotopic (exact) mass is 392 g/mol. The van der Waals surface area contributed by atoms with Crippen molar-refractivity contribution < 1.29 is 18.0 Å². The molecule has 0 saturated carbocycles. The van der Waals surface area contributed by atoms with E-state index in [1.54, 1.807) is 9.80 Å². The fourth-order valence-corrected chi connectivity index (χ4v) is 6.06. The molecule has 0 bridgehead atoms. The van der Waals surface area contributed by atoms with E-state index in [1.165, 1.54) is 0 Å². The summed E-state index contributed by atoms with van der Waals surface area (Å²) in [6, 6.07) is 5.73. The smallest absolute Gasteiger partial charge is 0.228 e. The van der Waals surface area contributed by atoms with E-state index in [-0.39, 0.29) is 35.8 Å². The lowest BCUT2D eigenvalue weighted by molar-refractivity contribution is -0.137. The molecular formula is C20H28N2O4S. The molecule has 2 atom stereocenters. The first-order valence-corrected chi connectivity index (χ1v) is 11.5. The molecule has 0 aliphatic carbocycles. The highest BCUT2D eigenvalue weighted by atomic mass is 32.2. The first kappa shape index (κ1) is 19.9. The second-order valence-electron chi connectivity index (χ2n) is 7.52. The standard InChI is InChI=1S/C20H28N2O4S/c1-4-15-8-6-7-14(3)19(15)22-12-16(11-18(22)23)20(24)21(5-2)17-9-10-27(25,26)13-17/h6-8,16-17H,4-5,9-13H2,1-3H3. The van der Waals surface area contributed by atoms with Crippen molar-refractivity contribution in [1.82, 2.24) is 4.90 Å². The molecule has 2 amide bonds. The summed E-state index contributed by atoms with van der Waals surface area (Å²) in [5.41, 5.74) is 3.06. The Bertz CT molecular complexity index is 850. The maximum atomic E-state index is 13.1. The minimum atomic E-state index is -3.06. The lowest BCUT2D eigenvalue weighted by Gasteiger charge is -2.29. The molecule has 27 heavy (non-hydrogen) atoms.